The highest BCUT2D eigenvalue weighted by Crippen LogP contribution is 2.51. The van der Waals surface area contributed by atoms with E-state index in [1.807, 2.05) is 36.5 Å². The second kappa shape index (κ2) is 13.0. The van der Waals surface area contributed by atoms with Gasteiger partial charge in [0.2, 0.25) is 5.96 Å². The van der Waals surface area contributed by atoms with E-state index in [4.69, 9.17) is 5.26 Å². The molecule has 0 aromatic heterocycles. The van der Waals surface area contributed by atoms with Crippen LogP contribution in [-0.4, -0.2) is 65.3 Å². The second-order valence-electron chi connectivity index (χ2n) is 8.02. The Bertz CT molecular complexity index is 1190. The third kappa shape index (κ3) is 6.36. The summed E-state index contributed by atoms with van der Waals surface area (Å²) in [4.78, 5) is 18.1. The number of rotatable bonds is 9. The molecule has 3 N–H and O–H groups in total. The Morgan fingerprint density at radius 1 is 1.30 bits per heavy atom. The highest BCUT2D eigenvalue weighted by Gasteiger charge is 2.49. The number of nitrogens with zero attached hydrogens (tertiary/aromatic N) is 5. The molecule has 2 aromatic rings. The molecule has 2 aromatic carbocycles. The van der Waals surface area contributed by atoms with Gasteiger partial charge in [0.05, 0.1) is 6.61 Å². The lowest BCUT2D eigenvalue weighted by atomic mass is 10.0. The van der Waals surface area contributed by atoms with Gasteiger partial charge in [-0.25, -0.2) is 13.6 Å². The van der Waals surface area contributed by atoms with Crippen molar-refractivity contribution >= 4 is 28.8 Å². The molecule has 1 heterocycles. The van der Waals surface area contributed by atoms with E-state index in [0.717, 1.165) is 23.8 Å². The minimum absolute atomic E-state index is 0.0393. The van der Waals surface area contributed by atoms with Crippen LogP contribution in [-0.2, 0) is 4.87 Å². The van der Waals surface area contributed by atoms with E-state index in [2.05, 4.69) is 20.7 Å². The van der Waals surface area contributed by atoms with Gasteiger partial charge in [-0.3, -0.25) is 10.3 Å². The average molecular weight is 530 g/mol. The van der Waals surface area contributed by atoms with Crippen molar-refractivity contribution in [1.29, 1.82) is 5.26 Å². The molecule has 2 amide bonds. The second-order valence-corrected chi connectivity index (χ2v) is 9.28. The summed E-state index contributed by atoms with van der Waals surface area (Å²) >= 11 is 1.18. The van der Waals surface area contributed by atoms with E-state index < -0.39 is 22.5 Å². The lowest BCUT2D eigenvalue weighted by Crippen LogP contribution is -2.49. The van der Waals surface area contributed by atoms with Crippen LogP contribution in [0.3, 0.4) is 0 Å². The number of hydrazone groups is 1. The minimum Gasteiger partial charge on any atom is -0.395 e. The summed E-state index contributed by atoms with van der Waals surface area (Å²) in [5, 5.41) is 29.9. The van der Waals surface area contributed by atoms with E-state index in [9.17, 15) is 18.7 Å². The van der Waals surface area contributed by atoms with Gasteiger partial charge in [-0.05, 0) is 43.5 Å². The number of hydrogen-bond acceptors (Lipinski definition) is 6. The number of nitrogens with one attached hydrogen (secondary N) is 2. The van der Waals surface area contributed by atoms with Crippen LogP contribution in [0.2, 0.25) is 0 Å². The number of thioether (sulfide) groups is 1. The number of halogens is 2. The molecule has 37 heavy (non-hydrogen) atoms. The maximum atomic E-state index is 14.8. The van der Waals surface area contributed by atoms with Gasteiger partial charge in [-0.2, -0.15) is 15.4 Å². The summed E-state index contributed by atoms with van der Waals surface area (Å²) < 4.78 is 28.9. The quantitative estimate of drug-likeness (QED) is 0.151. The Hall–Kier alpha value is -3.69. The number of guanidine groups is 1. The van der Waals surface area contributed by atoms with Crippen LogP contribution in [0, 0.1) is 23.1 Å². The van der Waals surface area contributed by atoms with Gasteiger partial charge in [-0.1, -0.05) is 42.1 Å². The molecule has 0 radical (unpaired) electrons. The van der Waals surface area contributed by atoms with Crippen molar-refractivity contribution in [2.45, 2.75) is 24.6 Å². The van der Waals surface area contributed by atoms with Gasteiger partial charge in [0.15, 0.2) is 6.19 Å². The summed E-state index contributed by atoms with van der Waals surface area (Å²) in [5.41, 5.74) is 0.714. The number of nitriles is 1. The number of carbonyl (C=O) groups excluding carboxylic acids is 1. The predicted molar refractivity (Wildman–Crippen MR) is 140 cm³/mol. The number of aliphatic hydroxyl groups is 1. The molecular formula is C25H29F2N7O2S. The Morgan fingerprint density at radius 2 is 2.05 bits per heavy atom. The summed E-state index contributed by atoms with van der Waals surface area (Å²) in [6.45, 7) is 2.38. The van der Waals surface area contributed by atoms with Crippen molar-refractivity contribution in [1.82, 2.24) is 20.5 Å². The number of aliphatic imine (C=N–C) groups is 1. The maximum absolute atomic E-state index is 14.8. The summed E-state index contributed by atoms with van der Waals surface area (Å²) in [6.07, 6.45) is 2.70. The van der Waals surface area contributed by atoms with Crippen LogP contribution in [0.25, 0.3) is 0 Å². The van der Waals surface area contributed by atoms with E-state index in [0.29, 0.717) is 31.9 Å². The third-order valence-corrected chi connectivity index (χ3v) is 7.21. The molecule has 3 rings (SSSR count). The Balaban J connectivity index is 2.04. The first-order chi connectivity index (χ1) is 17.9. The average Bonchev–Trinajstić information content (AvgIpc) is 3.31. The van der Waals surface area contributed by atoms with Crippen molar-refractivity contribution in [2.75, 3.05) is 33.3 Å². The van der Waals surface area contributed by atoms with Crippen LogP contribution in [0.4, 0.5) is 13.6 Å². The van der Waals surface area contributed by atoms with E-state index in [1.54, 1.807) is 14.0 Å². The van der Waals surface area contributed by atoms with Gasteiger partial charge in [0, 0.05) is 32.2 Å². The van der Waals surface area contributed by atoms with Crippen molar-refractivity contribution < 1.29 is 18.7 Å². The molecule has 196 valence electrons. The number of carbonyl (C=O) groups is 1. The smallest absolute Gasteiger partial charge is 0.342 e. The zero-order chi connectivity index (χ0) is 26.8. The largest absolute Gasteiger partial charge is 0.395 e. The molecule has 0 fully saturated rings. The van der Waals surface area contributed by atoms with Gasteiger partial charge in [0.1, 0.15) is 21.5 Å². The lowest BCUT2D eigenvalue weighted by molar-refractivity contribution is 0.116. The Morgan fingerprint density at radius 3 is 2.70 bits per heavy atom. The molecule has 9 nitrogen and oxygen atoms in total. The molecule has 1 aliphatic heterocycles. The number of urea groups is 1. The highest BCUT2D eigenvalue weighted by molar-refractivity contribution is 8.15. The molecule has 1 aliphatic rings. The van der Waals surface area contributed by atoms with E-state index in [1.165, 1.54) is 21.7 Å². The molecular weight excluding hydrogens is 500 g/mol. The summed E-state index contributed by atoms with van der Waals surface area (Å²) in [5.74, 6) is -0.965. The fourth-order valence-electron chi connectivity index (χ4n) is 3.95. The van der Waals surface area contributed by atoms with Crippen LogP contribution in [0.15, 0.2) is 58.6 Å². The van der Waals surface area contributed by atoms with Gasteiger partial charge in [-0.15, -0.1) is 0 Å². The summed E-state index contributed by atoms with van der Waals surface area (Å²) in [6, 6.07) is 11.9. The molecule has 0 spiro atoms. The molecule has 0 aliphatic carbocycles. The third-order valence-electron chi connectivity index (χ3n) is 5.77. The van der Waals surface area contributed by atoms with E-state index in [-0.39, 0.29) is 23.8 Å². The normalized spacial score (nSPS) is 17.2. The zero-order valence-corrected chi connectivity index (χ0v) is 21.4. The lowest BCUT2D eigenvalue weighted by Gasteiger charge is -2.38. The predicted octanol–water partition coefficient (Wildman–Crippen LogP) is 3.39. The van der Waals surface area contributed by atoms with Crippen LogP contribution >= 0.6 is 11.8 Å². The number of aliphatic hydroxyl groups excluding tert-OH is 1. The standard InChI is InChI=1S/C25H29F2N7O2S/c1-3-33(14-15-35)24(36)34-25(18-8-5-4-6-9-18,12-7-13-30-23(29-2)31-17-28)37-22(32-34)20-16-19(26)10-11-21(20)27/h4-6,8-11,16,35H,3,7,12-15H2,1-2H3,(H2,29,30,31). The Kier molecular flexibility index (Phi) is 9.82. The fourth-order valence-corrected chi connectivity index (χ4v) is 5.37. The molecule has 1 unspecified atom stereocenters. The maximum Gasteiger partial charge on any atom is 0.342 e. The van der Waals surface area contributed by atoms with Crippen molar-refractivity contribution in [3.8, 4) is 6.19 Å². The van der Waals surface area contributed by atoms with Gasteiger partial charge in [0.25, 0.3) is 0 Å². The molecule has 0 bridgehead atoms. The molecule has 0 saturated carbocycles. The Labute approximate surface area is 218 Å². The van der Waals surface area contributed by atoms with Crippen LogP contribution in [0.1, 0.15) is 30.9 Å². The van der Waals surface area contributed by atoms with Crippen LogP contribution < -0.4 is 10.6 Å². The molecule has 0 saturated heterocycles. The molecule has 1 atom stereocenters. The van der Waals surface area contributed by atoms with Crippen molar-refractivity contribution in [3.05, 3.63) is 71.3 Å². The minimum atomic E-state index is -1.08. The number of benzene rings is 2. The van der Waals surface area contributed by atoms with Crippen LogP contribution in [0.5, 0.6) is 0 Å². The summed E-state index contributed by atoms with van der Waals surface area (Å²) in [7, 11) is 1.54. The van der Waals surface area contributed by atoms with Gasteiger partial charge >= 0.3 is 6.03 Å². The number of amides is 2. The first-order valence-corrected chi connectivity index (χ1v) is 12.6. The highest BCUT2D eigenvalue weighted by atomic mass is 32.2. The SMILES string of the molecule is CCN(CCO)C(=O)N1N=C(c2cc(F)ccc2F)SC1(CCCNC(=NC)NC#N)c1ccccc1. The molecule has 12 heteroatoms. The van der Waals surface area contributed by atoms with E-state index >= 15 is 0 Å². The first kappa shape index (κ1) is 27.9. The van der Waals surface area contributed by atoms with Gasteiger partial charge < -0.3 is 15.3 Å². The number of hydrogen-bond donors (Lipinski definition) is 3. The van der Waals surface area contributed by atoms with Crippen molar-refractivity contribution in [3.63, 3.8) is 0 Å². The monoisotopic (exact) mass is 529 g/mol. The first-order valence-electron chi connectivity index (χ1n) is 11.7. The number of likely N-dealkylation sites (N-methyl/N-ethyl adjacent to an activating group) is 1. The topological polar surface area (TPSA) is 116 Å². The van der Waals surface area contributed by atoms with Crippen molar-refractivity contribution in [2.24, 2.45) is 10.1 Å². The zero-order valence-electron chi connectivity index (χ0n) is 20.6. The fraction of sp³-hybridized carbons (Fsp3) is 0.360.